The van der Waals surface area contributed by atoms with Gasteiger partial charge in [-0.1, -0.05) is 68.4 Å². The maximum Gasteiger partial charge on any atom is 0.120 e. The molecule has 4 rings (SSSR count). The number of allylic oxidation sites excluding steroid dienone is 2. The van der Waals surface area contributed by atoms with Gasteiger partial charge in [0.05, 0.1) is 25.0 Å². The van der Waals surface area contributed by atoms with Crippen molar-refractivity contribution < 1.29 is 19.4 Å². The van der Waals surface area contributed by atoms with E-state index in [4.69, 9.17) is 9.47 Å². The maximum absolute atomic E-state index is 11.6. The SMILES string of the molecule is CCC(C)/C(NNc1ccccc1)=C1/CC1c1cccc(OCc2ccccc2/C(=C\OC)C(=O)[O-])c1. The van der Waals surface area contributed by atoms with Crippen LogP contribution in [0.3, 0.4) is 0 Å². The first-order valence-corrected chi connectivity index (χ1v) is 12.6. The van der Waals surface area contributed by atoms with E-state index in [9.17, 15) is 9.90 Å². The van der Waals surface area contributed by atoms with Crippen molar-refractivity contribution in [3.05, 3.63) is 113 Å². The van der Waals surface area contributed by atoms with Crippen LogP contribution >= 0.6 is 0 Å². The summed E-state index contributed by atoms with van der Waals surface area (Å²) in [6, 6.07) is 25.4. The number of anilines is 1. The molecular weight excluding hydrogens is 464 g/mol. The lowest BCUT2D eigenvalue weighted by atomic mass is 10.0. The lowest BCUT2D eigenvalue weighted by Gasteiger charge is -2.18. The van der Waals surface area contributed by atoms with Gasteiger partial charge in [-0.05, 0) is 65.3 Å². The predicted molar refractivity (Wildman–Crippen MR) is 144 cm³/mol. The van der Waals surface area contributed by atoms with Crippen LogP contribution in [0, 0.1) is 5.92 Å². The number of nitrogens with one attached hydrogen (secondary N) is 2. The van der Waals surface area contributed by atoms with Gasteiger partial charge < -0.3 is 30.2 Å². The van der Waals surface area contributed by atoms with Crippen molar-refractivity contribution in [3.63, 3.8) is 0 Å². The fraction of sp³-hybridized carbons (Fsp3) is 0.258. The molecule has 0 radical (unpaired) electrons. The van der Waals surface area contributed by atoms with Crippen molar-refractivity contribution in [1.29, 1.82) is 0 Å². The third kappa shape index (κ3) is 6.53. The van der Waals surface area contributed by atoms with Crippen molar-refractivity contribution in [2.24, 2.45) is 5.92 Å². The van der Waals surface area contributed by atoms with Crippen LogP contribution in [0.1, 0.15) is 49.3 Å². The number of aliphatic carboxylic acids is 1. The molecule has 3 aromatic rings. The molecular formula is C31H33N2O4-. The van der Waals surface area contributed by atoms with Gasteiger partial charge in [0.15, 0.2) is 0 Å². The highest BCUT2D eigenvalue weighted by atomic mass is 16.5. The molecule has 37 heavy (non-hydrogen) atoms. The second-order valence-electron chi connectivity index (χ2n) is 9.19. The third-order valence-corrected chi connectivity index (χ3v) is 6.67. The number of methoxy groups -OCH3 is 1. The molecule has 0 heterocycles. The molecule has 2 N–H and O–H groups in total. The van der Waals surface area contributed by atoms with E-state index >= 15 is 0 Å². The standard InChI is InChI=1S/C31H34N2O4/c1-4-21(2)30(33-32-24-13-6-5-7-14-24)28-18-27(28)22-12-10-15-25(17-22)37-19-23-11-8-9-16-26(23)29(20-36-3)31(34)35/h5-17,20-21,27,32-33H,4,18-19H2,1-3H3,(H,34,35)/p-1/b29-20+,30-28+. The molecule has 0 aliphatic heterocycles. The summed E-state index contributed by atoms with van der Waals surface area (Å²) < 4.78 is 11.0. The molecule has 0 saturated heterocycles. The molecule has 6 heteroatoms. The first-order chi connectivity index (χ1) is 18.0. The lowest BCUT2D eigenvalue weighted by Crippen LogP contribution is -2.25. The van der Waals surface area contributed by atoms with Crippen LogP contribution in [-0.4, -0.2) is 13.1 Å². The van der Waals surface area contributed by atoms with E-state index in [1.807, 2.05) is 54.6 Å². The zero-order valence-electron chi connectivity index (χ0n) is 21.5. The highest BCUT2D eigenvalue weighted by molar-refractivity contribution is 6.14. The van der Waals surface area contributed by atoms with Crippen molar-refractivity contribution in [2.45, 2.75) is 39.2 Å². The van der Waals surface area contributed by atoms with Crippen LogP contribution < -0.4 is 20.7 Å². The van der Waals surface area contributed by atoms with Crippen LogP contribution in [0.15, 0.2) is 96.4 Å². The molecule has 2 atom stereocenters. The summed E-state index contributed by atoms with van der Waals surface area (Å²) >= 11 is 0. The fourth-order valence-corrected chi connectivity index (χ4v) is 4.39. The molecule has 0 bridgehead atoms. The average Bonchev–Trinajstić information content (AvgIpc) is 3.72. The van der Waals surface area contributed by atoms with Gasteiger partial charge >= 0.3 is 0 Å². The van der Waals surface area contributed by atoms with Gasteiger partial charge in [0.25, 0.3) is 0 Å². The van der Waals surface area contributed by atoms with Gasteiger partial charge in [-0.25, -0.2) is 0 Å². The van der Waals surface area contributed by atoms with Gasteiger partial charge in [-0.15, -0.1) is 0 Å². The van der Waals surface area contributed by atoms with E-state index in [0.29, 0.717) is 17.4 Å². The summed E-state index contributed by atoms with van der Waals surface area (Å²) in [6.07, 6.45) is 3.24. The minimum atomic E-state index is -1.29. The summed E-state index contributed by atoms with van der Waals surface area (Å²) in [5.41, 5.74) is 12.9. The Hall–Kier alpha value is -4.19. The van der Waals surface area contributed by atoms with Gasteiger partial charge in [-0.2, -0.15) is 0 Å². The van der Waals surface area contributed by atoms with Crippen molar-refractivity contribution >= 4 is 17.2 Å². The molecule has 3 aromatic carbocycles. The summed E-state index contributed by atoms with van der Waals surface area (Å²) in [4.78, 5) is 11.6. The van der Waals surface area contributed by atoms with E-state index < -0.39 is 5.97 Å². The summed E-state index contributed by atoms with van der Waals surface area (Å²) in [5, 5.41) is 11.6. The molecule has 6 nitrogen and oxygen atoms in total. The molecule has 1 aliphatic carbocycles. The smallest absolute Gasteiger partial charge is 0.120 e. The van der Waals surface area contributed by atoms with E-state index in [0.717, 1.165) is 29.8 Å². The molecule has 0 spiro atoms. The van der Waals surface area contributed by atoms with Crippen molar-refractivity contribution in [3.8, 4) is 5.75 Å². The molecule has 1 saturated carbocycles. The highest BCUT2D eigenvalue weighted by Gasteiger charge is 2.36. The van der Waals surface area contributed by atoms with Crippen LogP contribution in [-0.2, 0) is 16.1 Å². The normalized spacial score (nSPS) is 16.9. The maximum atomic E-state index is 11.6. The number of para-hydroxylation sites is 1. The van der Waals surface area contributed by atoms with Crippen LogP contribution in [0.2, 0.25) is 0 Å². The number of carbonyl (C=O) groups is 1. The zero-order chi connectivity index (χ0) is 26.2. The Morgan fingerprint density at radius 2 is 1.84 bits per heavy atom. The molecule has 0 amide bonds. The summed E-state index contributed by atoms with van der Waals surface area (Å²) in [5.74, 6) is 0.200. The van der Waals surface area contributed by atoms with E-state index in [-0.39, 0.29) is 12.2 Å². The first-order valence-electron chi connectivity index (χ1n) is 12.6. The van der Waals surface area contributed by atoms with Gasteiger partial charge in [0, 0.05) is 17.2 Å². The second kappa shape index (κ2) is 12.2. The van der Waals surface area contributed by atoms with E-state index in [2.05, 4.69) is 36.8 Å². The first kappa shape index (κ1) is 25.9. The molecule has 2 unspecified atom stereocenters. The van der Waals surface area contributed by atoms with Gasteiger partial charge in [0.1, 0.15) is 12.4 Å². The number of ether oxygens (including phenoxy) is 2. The zero-order valence-corrected chi connectivity index (χ0v) is 21.5. The monoisotopic (exact) mass is 497 g/mol. The Morgan fingerprint density at radius 1 is 1.08 bits per heavy atom. The number of carboxylic acids is 1. The summed E-state index contributed by atoms with van der Waals surface area (Å²) in [7, 11) is 1.41. The van der Waals surface area contributed by atoms with E-state index in [1.165, 1.54) is 30.2 Å². The number of hydrazine groups is 1. The van der Waals surface area contributed by atoms with Crippen LogP contribution in [0.4, 0.5) is 5.69 Å². The Bertz CT molecular complexity index is 1280. The average molecular weight is 498 g/mol. The number of carbonyl (C=O) groups excluding carboxylic acids is 1. The van der Waals surface area contributed by atoms with Gasteiger partial charge in [0.2, 0.25) is 0 Å². The molecule has 192 valence electrons. The van der Waals surface area contributed by atoms with E-state index in [1.54, 1.807) is 12.1 Å². The lowest BCUT2D eigenvalue weighted by molar-refractivity contribution is -0.295. The number of hydrogen-bond acceptors (Lipinski definition) is 6. The highest BCUT2D eigenvalue weighted by Crippen LogP contribution is 2.50. The Labute approximate surface area is 218 Å². The van der Waals surface area contributed by atoms with Crippen LogP contribution in [0.25, 0.3) is 5.57 Å². The van der Waals surface area contributed by atoms with Crippen molar-refractivity contribution in [1.82, 2.24) is 5.43 Å². The largest absolute Gasteiger partial charge is 0.545 e. The van der Waals surface area contributed by atoms with Crippen LogP contribution in [0.5, 0.6) is 5.75 Å². The Kier molecular flexibility index (Phi) is 8.52. The third-order valence-electron chi connectivity index (χ3n) is 6.67. The molecule has 0 aromatic heterocycles. The quantitative estimate of drug-likeness (QED) is 0.198. The summed E-state index contributed by atoms with van der Waals surface area (Å²) in [6.45, 7) is 4.67. The number of benzene rings is 3. The topological polar surface area (TPSA) is 82.6 Å². The number of rotatable bonds is 12. The minimum Gasteiger partial charge on any atom is -0.545 e. The fourth-order valence-electron chi connectivity index (χ4n) is 4.39. The number of carboxylic acid groups (broad SMARTS) is 1. The molecule has 1 fully saturated rings. The van der Waals surface area contributed by atoms with Crippen molar-refractivity contribution in [2.75, 3.05) is 12.5 Å². The predicted octanol–water partition coefficient (Wildman–Crippen LogP) is 5.41. The molecule has 1 aliphatic rings. The Balaban J connectivity index is 1.48. The second-order valence-corrected chi connectivity index (χ2v) is 9.19. The minimum absolute atomic E-state index is 0.0163. The van der Waals surface area contributed by atoms with Gasteiger partial charge in [-0.3, -0.25) is 0 Å². The Morgan fingerprint density at radius 3 is 2.57 bits per heavy atom. The number of hydrogen-bond donors (Lipinski definition) is 2.